The lowest BCUT2D eigenvalue weighted by Crippen LogP contribution is -2.52. The van der Waals surface area contributed by atoms with Crippen LogP contribution in [0, 0.1) is 5.82 Å². The summed E-state index contributed by atoms with van der Waals surface area (Å²) in [5.41, 5.74) is 1.21. The van der Waals surface area contributed by atoms with Gasteiger partial charge in [0.1, 0.15) is 17.6 Å². The van der Waals surface area contributed by atoms with Crippen molar-refractivity contribution in [3.8, 4) is 5.75 Å². The van der Waals surface area contributed by atoms with Crippen molar-refractivity contribution in [2.45, 2.75) is 38.8 Å². The molecule has 0 saturated carbocycles. The monoisotopic (exact) mass is 574 g/mol. The quantitative estimate of drug-likeness (QED) is 0.263. The van der Waals surface area contributed by atoms with Gasteiger partial charge in [-0.2, -0.15) is 0 Å². The van der Waals surface area contributed by atoms with E-state index in [1.165, 1.54) is 11.0 Å². The lowest BCUT2D eigenvalue weighted by molar-refractivity contribution is -0.142. The third kappa shape index (κ3) is 8.07. The van der Waals surface area contributed by atoms with Gasteiger partial charge in [0.05, 0.1) is 4.47 Å². The second-order valence-corrected chi connectivity index (χ2v) is 9.62. The van der Waals surface area contributed by atoms with Gasteiger partial charge in [0, 0.05) is 30.1 Å². The van der Waals surface area contributed by atoms with Crippen LogP contribution in [0.3, 0.4) is 0 Å². The maximum absolute atomic E-state index is 14.6. The van der Waals surface area contributed by atoms with E-state index in [1.807, 2.05) is 37.3 Å². The van der Waals surface area contributed by atoms with Crippen molar-refractivity contribution in [3.63, 3.8) is 0 Å². The fourth-order valence-electron chi connectivity index (χ4n) is 3.68. The molecule has 0 saturated heterocycles. The van der Waals surface area contributed by atoms with Crippen molar-refractivity contribution in [3.05, 3.63) is 99.2 Å². The predicted octanol–water partition coefficient (Wildman–Crippen LogP) is 6.18. The van der Waals surface area contributed by atoms with E-state index in [0.717, 1.165) is 18.4 Å². The third-order valence-corrected chi connectivity index (χ3v) is 6.50. The maximum atomic E-state index is 14.6. The molecule has 0 spiro atoms. The van der Waals surface area contributed by atoms with Crippen LogP contribution in [-0.2, 0) is 22.6 Å². The van der Waals surface area contributed by atoms with E-state index in [9.17, 15) is 14.0 Å². The van der Waals surface area contributed by atoms with Crippen LogP contribution >= 0.6 is 27.5 Å². The largest absolute Gasteiger partial charge is 0.483 e. The molecule has 8 heteroatoms. The van der Waals surface area contributed by atoms with E-state index in [2.05, 4.69) is 21.2 Å². The number of hydrogen-bond donors (Lipinski definition) is 1. The van der Waals surface area contributed by atoms with Gasteiger partial charge in [-0.05, 0) is 52.2 Å². The van der Waals surface area contributed by atoms with Crippen LogP contribution in [-0.4, -0.2) is 35.9 Å². The molecule has 0 unspecified atom stereocenters. The Morgan fingerprint density at radius 2 is 1.81 bits per heavy atom. The minimum Gasteiger partial charge on any atom is -0.483 e. The standard InChI is InChI=1S/C28H29BrClFN2O3/c1-2-3-15-32-28(35)25(16-20-9-5-4-6-10-20)33(18-21-11-7-8-12-24(21)31)27(34)19-36-26-14-13-22(30)17-23(26)29/h4-14,17,25H,2-3,15-16,18-19H2,1H3,(H,32,35)/t25-/m0/s1. The number of carbonyl (C=O) groups is 2. The second-order valence-electron chi connectivity index (χ2n) is 8.33. The first-order valence-corrected chi connectivity index (χ1v) is 13.0. The van der Waals surface area contributed by atoms with E-state index in [-0.39, 0.29) is 25.5 Å². The van der Waals surface area contributed by atoms with Gasteiger partial charge in [0.2, 0.25) is 5.91 Å². The lowest BCUT2D eigenvalue weighted by atomic mass is 10.0. The van der Waals surface area contributed by atoms with Crippen molar-refractivity contribution < 1.29 is 18.7 Å². The average molecular weight is 576 g/mol. The van der Waals surface area contributed by atoms with Gasteiger partial charge in [0.15, 0.2) is 6.61 Å². The molecule has 0 aromatic heterocycles. The van der Waals surface area contributed by atoms with E-state index in [4.69, 9.17) is 16.3 Å². The van der Waals surface area contributed by atoms with Crippen LogP contribution in [0.15, 0.2) is 77.3 Å². The number of halogens is 3. The first-order chi connectivity index (χ1) is 17.4. The summed E-state index contributed by atoms with van der Waals surface area (Å²) < 4.78 is 21.0. The Bertz CT molecular complexity index is 1160. The third-order valence-electron chi connectivity index (χ3n) is 5.64. The number of ether oxygens (including phenoxy) is 1. The Balaban J connectivity index is 1.90. The highest BCUT2D eigenvalue weighted by atomic mass is 79.9. The maximum Gasteiger partial charge on any atom is 0.261 e. The number of nitrogens with zero attached hydrogens (tertiary/aromatic N) is 1. The van der Waals surface area contributed by atoms with Gasteiger partial charge in [0.25, 0.3) is 5.91 Å². The molecule has 0 aliphatic carbocycles. The zero-order chi connectivity index (χ0) is 25.9. The number of nitrogens with one attached hydrogen (secondary N) is 1. The molecule has 190 valence electrons. The second kappa shape index (κ2) is 14.0. The number of carbonyl (C=O) groups excluding carboxylic acids is 2. The Labute approximate surface area is 224 Å². The Morgan fingerprint density at radius 3 is 2.50 bits per heavy atom. The molecule has 3 aromatic rings. The van der Waals surface area contributed by atoms with E-state index in [0.29, 0.717) is 27.4 Å². The van der Waals surface area contributed by atoms with Crippen LogP contribution in [0.25, 0.3) is 0 Å². The van der Waals surface area contributed by atoms with Crippen LogP contribution in [0.1, 0.15) is 30.9 Å². The number of rotatable bonds is 12. The Kier molecular flexibility index (Phi) is 10.8. The van der Waals surface area contributed by atoms with E-state index < -0.39 is 17.8 Å². The molecule has 3 rings (SSSR count). The number of unbranched alkanes of at least 4 members (excludes halogenated alkanes) is 1. The first-order valence-electron chi connectivity index (χ1n) is 11.8. The zero-order valence-corrected chi connectivity index (χ0v) is 22.4. The Morgan fingerprint density at radius 1 is 1.08 bits per heavy atom. The predicted molar refractivity (Wildman–Crippen MR) is 143 cm³/mol. The molecular formula is C28H29BrClFN2O3. The van der Waals surface area contributed by atoms with Gasteiger partial charge in [-0.3, -0.25) is 9.59 Å². The molecular weight excluding hydrogens is 547 g/mol. The molecule has 3 aromatic carbocycles. The molecule has 5 nitrogen and oxygen atoms in total. The summed E-state index contributed by atoms with van der Waals surface area (Å²) in [5.74, 6) is -0.733. The minimum atomic E-state index is -0.853. The van der Waals surface area contributed by atoms with E-state index >= 15 is 0 Å². The van der Waals surface area contributed by atoms with Gasteiger partial charge in [-0.25, -0.2) is 4.39 Å². The van der Waals surface area contributed by atoms with Gasteiger partial charge in [-0.15, -0.1) is 0 Å². The van der Waals surface area contributed by atoms with Gasteiger partial charge >= 0.3 is 0 Å². The van der Waals surface area contributed by atoms with Gasteiger partial charge < -0.3 is 15.0 Å². The fraction of sp³-hybridized carbons (Fsp3) is 0.286. The summed E-state index contributed by atoms with van der Waals surface area (Å²) >= 11 is 9.38. The zero-order valence-electron chi connectivity index (χ0n) is 20.1. The minimum absolute atomic E-state index is 0.0741. The highest BCUT2D eigenvalue weighted by Gasteiger charge is 2.31. The number of amides is 2. The normalized spacial score (nSPS) is 11.6. The molecule has 0 aliphatic rings. The van der Waals surface area contributed by atoms with Crippen molar-refractivity contribution >= 4 is 39.3 Å². The smallest absolute Gasteiger partial charge is 0.261 e. The lowest BCUT2D eigenvalue weighted by Gasteiger charge is -2.31. The first kappa shape index (κ1) is 27.7. The molecule has 0 fully saturated rings. The summed E-state index contributed by atoms with van der Waals surface area (Å²) in [6, 6.07) is 19.8. The fourth-order valence-corrected chi connectivity index (χ4v) is 4.48. The molecule has 0 radical (unpaired) electrons. The summed E-state index contributed by atoms with van der Waals surface area (Å²) in [7, 11) is 0. The highest BCUT2D eigenvalue weighted by molar-refractivity contribution is 9.10. The average Bonchev–Trinajstić information content (AvgIpc) is 2.87. The summed E-state index contributed by atoms with van der Waals surface area (Å²) in [6.45, 7) is 2.13. The van der Waals surface area contributed by atoms with Crippen LogP contribution < -0.4 is 10.1 Å². The van der Waals surface area contributed by atoms with Crippen molar-refractivity contribution in [1.29, 1.82) is 0 Å². The molecule has 2 amide bonds. The molecule has 1 atom stereocenters. The number of benzene rings is 3. The van der Waals surface area contributed by atoms with E-state index in [1.54, 1.807) is 36.4 Å². The molecule has 36 heavy (non-hydrogen) atoms. The molecule has 0 bridgehead atoms. The van der Waals surface area contributed by atoms with Crippen molar-refractivity contribution in [2.75, 3.05) is 13.2 Å². The van der Waals surface area contributed by atoms with Gasteiger partial charge in [-0.1, -0.05) is 73.5 Å². The summed E-state index contributed by atoms with van der Waals surface area (Å²) in [6.07, 6.45) is 2.02. The number of hydrogen-bond acceptors (Lipinski definition) is 3. The molecule has 1 N–H and O–H groups in total. The van der Waals surface area contributed by atoms with Crippen molar-refractivity contribution in [1.82, 2.24) is 10.2 Å². The Hall–Kier alpha value is -2.90. The van der Waals surface area contributed by atoms with Crippen LogP contribution in [0.2, 0.25) is 5.02 Å². The van der Waals surface area contributed by atoms with Crippen molar-refractivity contribution in [2.24, 2.45) is 0 Å². The molecule has 0 aliphatic heterocycles. The molecule has 0 heterocycles. The SMILES string of the molecule is CCCCNC(=O)[C@H](Cc1ccccc1)N(Cc1ccccc1F)C(=O)COc1ccc(Cl)cc1Br. The highest BCUT2D eigenvalue weighted by Crippen LogP contribution is 2.28. The van der Waals surface area contributed by atoms with Crippen LogP contribution in [0.4, 0.5) is 4.39 Å². The summed E-state index contributed by atoms with van der Waals surface area (Å²) in [5, 5.41) is 3.46. The summed E-state index contributed by atoms with van der Waals surface area (Å²) in [4.78, 5) is 28.3. The van der Waals surface area contributed by atoms with Crippen LogP contribution in [0.5, 0.6) is 5.75 Å². The topological polar surface area (TPSA) is 58.6 Å².